The summed E-state index contributed by atoms with van der Waals surface area (Å²) >= 11 is 6.02. The van der Waals surface area contributed by atoms with Crippen LogP contribution in [0.25, 0.3) is 0 Å². The predicted octanol–water partition coefficient (Wildman–Crippen LogP) is 4.13. The number of non-ortho nitro benzene ring substituents is 1. The summed E-state index contributed by atoms with van der Waals surface area (Å²) in [5, 5.41) is 24.0. The number of aromatic hydroxyl groups is 1. The van der Waals surface area contributed by atoms with Gasteiger partial charge in [-0.15, -0.1) is 0 Å². The maximum absolute atomic E-state index is 10.8. The van der Waals surface area contributed by atoms with Crippen LogP contribution in [0.15, 0.2) is 42.5 Å². The number of nitrogens with zero attached hydrogens (tertiary/aromatic N) is 1. The average molecular weight is 293 g/mol. The van der Waals surface area contributed by atoms with Gasteiger partial charge in [0.05, 0.1) is 21.7 Å². The van der Waals surface area contributed by atoms with E-state index < -0.39 is 4.92 Å². The van der Waals surface area contributed by atoms with Crippen molar-refractivity contribution < 1.29 is 10.0 Å². The first kappa shape index (κ1) is 14.1. The molecular weight excluding hydrogens is 280 g/mol. The first-order chi connectivity index (χ1) is 9.49. The van der Waals surface area contributed by atoms with E-state index in [4.69, 9.17) is 11.6 Å². The Morgan fingerprint density at radius 1 is 1.30 bits per heavy atom. The fourth-order valence-corrected chi connectivity index (χ4v) is 2.07. The number of nitro groups is 1. The molecule has 0 aliphatic heterocycles. The minimum atomic E-state index is -0.480. The third kappa shape index (κ3) is 3.00. The number of phenolic OH excluding ortho intramolecular Hbond substituents is 1. The smallest absolute Gasteiger partial charge is 0.271 e. The lowest BCUT2D eigenvalue weighted by Crippen LogP contribution is -2.07. The van der Waals surface area contributed by atoms with E-state index in [9.17, 15) is 15.2 Å². The minimum absolute atomic E-state index is 0.0404. The van der Waals surface area contributed by atoms with Gasteiger partial charge in [-0.2, -0.15) is 0 Å². The number of phenols is 1. The predicted molar refractivity (Wildman–Crippen MR) is 78.3 cm³/mol. The Morgan fingerprint density at radius 2 is 2.00 bits per heavy atom. The third-order valence-corrected chi connectivity index (χ3v) is 3.27. The Kier molecular flexibility index (Phi) is 4.10. The molecule has 20 heavy (non-hydrogen) atoms. The van der Waals surface area contributed by atoms with Gasteiger partial charge in [0.2, 0.25) is 0 Å². The van der Waals surface area contributed by atoms with Crippen molar-refractivity contribution in [1.82, 2.24) is 0 Å². The molecule has 1 atom stereocenters. The van der Waals surface area contributed by atoms with E-state index in [1.807, 2.05) is 13.0 Å². The zero-order valence-corrected chi connectivity index (χ0v) is 11.5. The first-order valence-electron chi connectivity index (χ1n) is 5.97. The van der Waals surface area contributed by atoms with Crippen LogP contribution in [0.5, 0.6) is 5.75 Å². The van der Waals surface area contributed by atoms with Crippen molar-refractivity contribution in [2.24, 2.45) is 0 Å². The Labute approximate surface area is 121 Å². The molecule has 0 spiro atoms. The molecule has 0 aliphatic rings. The summed E-state index contributed by atoms with van der Waals surface area (Å²) in [6.07, 6.45) is 0. The number of halogens is 1. The van der Waals surface area contributed by atoms with E-state index in [2.05, 4.69) is 5.32 Å². The van der Waals surface area contributed by atoms with Gasteiger partial charge in [0.15, 0.2) is 0 Å². The quantitative estimate of drug-likeness (QED) is 0.656. The molecular formula is C14H13ClN2O3. The van der Waals surface area contributed by atoms with Crippen molar-refractivity contribution in [3.63, 3.8) is 0 Å². The van der Waals surface area contributed by atoms with Crippen LogP contribution in [0.2, 0.25) is 5.02 Å². The Balaban J connectivity index is 2.28. The second-order valence-corrected chi connectivity index (χ2v) is 4.75. The van der Waals surface area contributed by atoms with E-state index in [1.54, 1.807) is 18.2 Å². The molecule has 104 valence electrons. The summed E-state index contributed by atoms with van der Waals surface area (Å²) in [7, 11) is 0. The van der Waals surface area contributed by atoms with Crippen molar-refractivity contribution in [1.29, 1.82) is 0 Å². The average Bonchev–Trinajstić information content (AvgIpc) is 2.41. The molecule has 0 saturated heterocycles. The van der Waals surface area contributed by atoms with Gasteiger partial charge in [0.1, 0.15) is 5.75 Å². The van der Waals surface area contributed by atoms with Crippen LogP contribution in [0.3, 0.4) is 0 Å². The lowest BCUT2D eigenvalue weighted by atomic mass is 10.1. The van der Waals surface area contributed by atoms with Gasteiger partial charge in [-0.25, -0.2) is 0 Å². The van der Waals surface area contributed by atoms with Crippen molar-refractivity contribution in [2.75, 3.05) is 5.32 Å². The zero-order chi connectivity index (χ0) is 14.7. The molecule has 2 aromatic rings. The van der Waals surface area contributed by atoms with E-state index in [0.717, 1.165) is 0 Å². The van der Waals surface area contributed by atoms with E-state index in [1.165, 1.54) is 18.2 Å². The Morgan fingerprint density at radius 3 is 2.65 bits per heavy atom. The maximum Gasteiger partial charge on any atom is 0.271 e. The minimum Gasteiger partial charge on any atom is -0.508 e. The molecule has 0 saturated carbocycles. The largest absolute Gasteiger partial charge is 0.508 e. The van der Waals surface area contributed by atoms with E-state index in [0.29, 0.717) is 16.3 Å². The summed E-state index contributed by atoms with van der Waals surface area (Å²) in [5.74, 6) is 0.161. The zero-order valence-electron chi connectivity index (χ0n) is 10.7. The van der Waals surface area contributed by atoms with Gasteiger partial charge in [-0.3, -0.25) is 10.1 Å². The number of hydrogen-bond donors (Lipinski definition) is 2. The number of para-hydroxylation sites is 1. The standard InChI is InChI=1S/C14H13ClN2O3/c1-9(11-4-2-3-5-14(11)18)16-13-8-10(17(19)20)6-7-12(13)15/h2-9,16,18H,1H3. The Hall–Kier alpha value is -2.27. The number of hydrogen-bond acceptors (Lipinski definition) is 4. The van der Waals surface area contributed by atoms with E-state index in [-0.39, 0.29) is 17.5 Å². The fraction of sp³-hybridized carbons (Fsp3) is 0.143. The van der Waals surface area contributed by atoms with Crippen LogP contribution in [-0.4, -0.2) is 10.0 Å². The molecule has 2 aromatic carbocycles. The van der Waals surface area contributed by atoms with Gasteiger partial charge in [-0.1, -0.05) is 29.8 Å². The lowest BCUT2D eigenvalue weighted by molar-refractivity contribution is -0.384. The van der Waals surface area contributed by atoms with Gasteiger partial charge in [0, 0.05) is 17.7 Å². The fourth-order valence-electron chi connectivity index (χ4n) is 1.90. The molecule has 0 aromatic heterocycles. The van der Waals surface area contributed by atoms with Crippen LogP contribution in [0, 0.1) is 10.1 Å². The van der Waals surface area contributed by atoms with Crippen molar-refractivity contribution in [3.05, 3.63) is 63.2 Å². The number of anilines is 1. The molecule has 0 fully saturated rings. The second-order valence-electron chi connectivity index (χ2n) is 4.35. The van der Waals surface area contributed by atoms with Crippen LogP contribution in [0.4, 0.5) is 11.4 Å². The molecule has 0 aliphatic carbocycles. The Bertz CT molecular complexity index is 646. The third-order valence-electron chi connectivity index (χ3n) is 2.94. The van der Waals surface area contributed by atoms with Gasteiger partial charge in [0.25, 0.3) is 5.69 Å². The molecule has 5 nitrogen and oxygen atoms in total. The van der Waals surface area contributed by atoms with Crippen molar-refractivity contribution in [2.45, 2.75) is 13.0 Å². The monoisotopic (exact) mass is 292 g/mol. The number of rotatable bonds is 4. The highest BCUT2D eigenvalue weighted by molar-refractivity contribution is 6.33. The summed E-state index contributed by atoms with van der Waals surface area (Å²) in [4.78, 5) is 10.3. The van der Waals surface area contributed by atoms with Crippen LogP contribution in [0.1, 0.15) is 18.5 Å². The maximum atomic E-state index is 10.8. The van der Waals surface area contributed by atoms with E-state index >= 15 is 0 Å². The molecule has 0 bridgehead atoms. The van der Waals surface area contributed by atoms with Gasteiger partial charge < -0.3 is 10.4 Å². The SMILES string of the molecule is CC(Nc1cc([N+](=O)[O-])ccc1Cl)c1ccccc1O. The van der Waals surface area contributed by atoms with Crippen LogP contribution < -0.4 is 5.32 Å². The lowest BCUT2D eigenvalue weighted by Gasteiger charge is -2.17. The van der Waals surface area contributed by atoms with Crippen molar-refractivity contribution >= 4 is 23.0 Å². The van der Waals surface area contributed by atoms with Gasteiger partial charge >= 0.3 is 0 Å². The highest BCUT2D eigenvalue weighted by Gasteiger charge is 2.14. The van der Waals surface area contributed by atoms with Crippen molar-refractivity contribution in [3.8, 4) is 5.75 Å². The topological polar surface area (TPSA) is 75.4 Å². The van der Waals surface area contributed by atoms with Gasteiger partial charge in [-0.05, 0) is 19.1 Å². The molecule has 2 rings (SSSR count). The molecule has 6 heteroatoms. The molecule has 2 N–H and O–H groups in total. The highest BCUT2D eigenvalue weighted by atomic mass is 35.5. The summed E-state index contributed by atoms with van der Waals surface area (Å²) in [5.41, 5.74) is 1.10. The summed E-state index contributed by atoms with van der Waals surface area (Å²) in [6, 6.07) is 10.8. The molecule has 0 amide bonds. The molecule has 0 heterocycles. The number of benzene rings is 2. The second kappa shape index (κ2) is 5.79. The first-order valence-corrected chi connectivity index (χ1v) is 6.35. The highest BCUT2D eigenvalue weighted by Crippen LogP contribution is 2.32. The van der Waals surface area contributed by atoms with Crippen LogP contribution in [-0.2, 0) is 0 Å². The normalized spacial score (nSPS) is 11.9. The summed E-state index contributed by atoms with van der Waals surface area (Å²) < 4.78 is 0. The number of nitro benzene ring substituents is 1. The summed E-state index contributed by atoms with van der Waals surface area (Å²) in [6.45, 7) is 1.84. The molecule has 1 unspecified atom stereocenters. The molecule has 0 radical (unpaired) electrons. The van der Waals surface area contributed by atoms with Crippen LogP contribution >= 0.6 is 11.6 Å². The number of nitrogens with one attached hydrogen (secondary N) is 1.